The van der Waals surface area contributed by atoms with Crippen LogP contribution in [0.25, 0.3) is 0 Å². The zero-order chi connectivity index (χ0) is 17.1. The molecule has 130 valence electrons. The van der Waals surface area contributed by atoms with Crippen LogP contribution in [0.2, 0.25) is 0 Å². The van der Waals surface area contributed by atoms with Gasteiger partial charge in [0.15, 0.2) is 17.3 Å². The van der Waals surface area contributed by atoms with Crippen molar-refractivity contribution in [3.05, 3.63) is 23.8 Å². The maximum atomic E-state index is 11.3. The van der Waals surface area contributed by atoms with E-state index in [4.69, 9.17) is 19.3 Å². The number of carbonyl (C=O) groups is 1. The number of Topliss-reactive ketones (excluding diaryl/α,β-unsaturated/α-hetero) is 1. The lowest BCUT2D eigenvalue weighted by Crippen LogP contribution is -2.87. The number of hydrogen-bond donors (Lipinski definition) is 3. The summed E-state index contributed by atoms with van der Waals surface area (Å²) in [4.78, 5) is 11.3. The summed E-state index contributed by atoms with van der Waals surface area (Å²) < 4.78 is 15.9. The van der Waals surface area contributed by atoms with Crippen molar-refractivity contribution in [2.75, 3.05) is 46.6 Å². The maximum absolute atomic E-state index is 11.3. The second kappa shape index (κ2) is 11.0. The Bertz CT molecular complexity index is 480. The Labute approximate surface area is 136 Å². The van der Waals surface area contributed by atoms with Crippen molar-refractivity contribution in [3.8, 4) is 11.5 Å². The maximum Gasteiger partial charge on any atom is 0.161 e. The molecular formula is C16H26NO6+. The molecule has 0 saturated carbocycles. The van der Waals surface area contributed by atoms with Crippen LogP contribution in [0.15, 0.2) is 18.2 Å². The van der Waals surface area contributed by atoms with Crippen LogP contribution >= 0.6 is 0 Å². The molecule has 0 unspecified atom stereocenters. The summed E-state index contributed by atoms with van der Waals surface area (Å²) in [5, 5.41) is 20.4. The van der Waals surface area contributed by atoms with E-state index in [1.807, 2.05) is 5.32 Å². The molecule has 1 rings (SSSR count). The fraction of sp³-hybridized carbons (Fsp3) is 0.562. The second-order valence-electron chi connectivity index (χ2n) is 5.04. The predicted octanol–water partition coefficient (Wildman–Crippen LogP) is -0.790. The van der Waals surface area contributed by atoms with Gasteiger partial charge >= 0.3 is 0 Å². The third-order valence-electron chi connectivity index (χ3n) is 3.14. The largest absolute Gasteiger partial charge is 0.493 e. The molecule has 0 amide bonds. The average Bonchev–Trinajstić information content (AvgIpc) is 2.55. The monoisotopic (exact) mass is 328 g/mol. The van der Waals surface area contributed by atoms with Crippen LogP contribution in [0.4, 0.5) is 0 Å². The van der Waals surface area contributed by atoms with Crippen molar-refractivity contribution in [3.63, 3.8) is 0 Å². The fourth-order valence-electron chi connectivity index (χ4n) is 1.90. The first-order chi connectivity index (χ1) is 11.1. The van der Waals surface area contributed by atoms with Crippen LogP contribution in [-0.2, 0) is 4.74 Å². The molecule has 7 nitrogen and oxygen atoms in total. The topological polar surface area (TPSA) is 102 Å². The Morgan fingerprint density at radius 3 is 2.74 bits per heavy atom. The first-order valence-corrected chi connectivity index (χ1v) is 7.58. The molecule has 0 bridgehead atoms. The lowest BCUT2D eigenvalue weighted by atomic mass is 10.1. The number of hydrogen-bond acceptors (Lipinski definition) is 6. The highest BCUT2D eigenvalue weighted by Gasteiger charge is 2.12. The van der Waals surface area contributed by atoms with Crippen LogP contribution in [0.3, 0.4) is 0 Å². The molecule has 0 radical (unpaired) electrons. The molecule has 4 N–H and O–H groups in total. The van der Waals surface area contributed by atoms with Crippen LogP contribution in [-0.4, -0.2) is 68.7 Å². The Morgan fingerprint density at radius 1 is 1.30 bits per heavy atom. The average molecular weight is 328 g/mol. The standard InChI is InChI=1S/C16H25NO6/c1-12(19)13-3-4-15(16(9-13)21-2)23-11-14(20)10-17-5-7-22-8-6-18/h3-4,9,14,17-18,20H,5-8,10-11H2,1-2H3/p+1/t14-/m1/s1. The molecule has 0 aliphatic carbocycles. The fourth-order valence-corrected chi connectivity index (χ4v) is 1.90. The molecule has 0 aromatic heterocycles. The molecule has 7 heteroatoms. The summed E-state index contributed by atoms with van der Waals surface area (Å²) >= 11 is 0. The smallest absolute Gasteiger partial charge is 0.161 e. The third-order valence-corrected chi connectivity index (χ3v) is 3.14. The highest BCUT2D eigenvalue weighted by molar-refractivity contribution is 5.94. The number of methoxy groups -OCH3 is 1. The van der Waals surface area contributed by atoms with E-state index in [-0.39, 0.29) is 19.0 Å². The van der Waals surface area contributed by atoms with Crippen molar-refractivity contribution in [1.29, 1.82) is 0 Å². The Balaban J connectivity index is 2.35. The van der Waals surface area contributed by atoms with E-state index in [2.05, 4.69) is 0 Å². The normalized spacial score (nSPS) is 12.0. The van der Waals surface area contributed by atoms with E-state index in [0.717, 1.165) is 0 Å². The summed E-state index contributed by atoms with van der Waals surface area (Å²) in [7, 11) is 1.50. The highest BCUT2D eigenvalue weighted by Crippen LogP contribution is 2.28. The van der Waals surface area contributed by atoms with Crippen molar-refractivity contribution >= 4 is 5.78 Å². The van der Waals surface area contributed by atoms with Crippen molar-refractivity contribution in [2.45, 2.75) is 13.0 Å². The SMILES string of the molecule is COc1cc(C(C)=O)ccc1OC[C@H](O)C[NH2+]CCOCCO. The van der Waals surface area contributed by atoms with Crippen molar-refractivity contribution < 1.29 is 34.5 Å². The molecule has 1 aromatic rings. The van der Waals surface area contributed by atoms with Gasteiger partial charge in [-0.1, -0.05) is 0 Å². The number of nitrogens with two attached hydrogens (primary N) is 1. The zero-order valence-electron chi connectivity index (χ0n) is 13.7. The van der Waals surface area contributed by atoms with Gasteiger partial charge in [-0.15, -0.1) is 0 Å². The molecule has 0 aliphatic heterocycles. The van der Waals surface area contributed by atoms with E-state index in [1.165, 1.54) is 14.0 Å². The minimum absolute atomic E-state index is 0.0146. The highest BCUT2D eigenvalue weighted by atomic mass is 16.5. The zero-order valence-corrected chi connectivity index (χ0v) is 13.7. The van der Waals surface area contributed by atoms with Gasteiger partial charge in [-0.3, -0.25) is 4.79 Å². The molecule has 1 aromatic carbocycles. The molecule has 1 atom stereocenters. The van der Waals surface area contributed by atoms with Crippen LogP contribution in [0.1, 0.15) is 17.3 Å². The van der Waals surface area contributed by atoms with Gasteiger partial charge in [-0.05, 0) is 25.1 Å². The number of rotatable bonds is 12. The number of carbonyl (C=O) groups excluding carboxylic acids is 1. The summed E-state index contributed by atoms with van der Waals surface area (Å²) in [6, 6.07) is 4.95. The van der Waals surface area contributed by atoms with Crippen LogP contribution in [0, 0.1) is 0 Å². The van der Waals surface area contributed by atoms with Crippen molar-refractivity contribution in [1.82, 2.24) is 0 Å². The van der Waals surface area contributed by atoms with Crippen molar-refractivity contribution in [2.24, 2.45) is 0 Å². The van der Waals surface area contributed by atoms with E-state index in [9.17, 15) is 9.90 Å². The Hall–Kier alpha value is -1.67. The quantitative estimate of drug-likeness (QED) is 0.343. The summed E-state index contributed by atoms with van der Waals surface area (Å²) in [6.45, 7) is 3.66. The van der Waals surface area contributed by atoms with Gasteiger partial charge in [-0.2, -0.15) is 0 Å². The van der Waals surface area contributed by atoms with E-state index < -0.39 is 6.10 Å². The minimum atomic E-state index is -0.634. The van der Waals surface area contributed by atoms with E-state index >= 15 is 0 Å². The van der Waals surface area contributed by atoms with Gasteiger partial charge in [0.1, 0.15) is 19.3 Å². The minimum Gasteiger partial charge on any atom is -0.493 e. The number of ketones is 1. The molecular weight excluding hydrogens is 302 g/mol. The van der Waals surface area contributed by atoms with E-state index in [0.29, 0.717) is 43.4 Å². The molecule has 0 aliphatic rings. The number of quaternary nitrogens is 1. The van der Waals surface area contributed by atoms with Gasteiger partial charge in [0.05, 0.1) is 33.5 Å². The molecule has 0 fully saturated rings. The summed E-state index contributed by atoms with van der Waals surface area (Å²) in [5.74, 6) is 0.905. The lowest BCUT2D eigenvalue weighted by molar-refractivity contribution is -0.662. The third kappa shape index (κ3) is 7.43. The van der Waals surface area contributed by atoms with Gasteiger partial charge in [0.25, 0.3) is 0 Å². The molecule has 0 heterocycles. The molecule has 0 spiro atoms. The molecule has 0 saturated heterocycles. The van der Waals surface area contributed by atoms with Gasteiger partial charge < -0.3 is 29.7 Å². The first kappa shape index (κ1) is 19.4. The lowest BCUT2D eigenvalue weighted by Gasteiger charge is -2.14. The Morgan fingerprint density at radius 2 is 2.09 bits per heavy atom. The first-order valence-electron chi connectivity index (χ1n) is 7.58. The number of benzene rings is 1. The predicted molar refractivity (Wildman–Crippen MR) is 84.1 cm³/mol. The molecule has 23 heavy (non-hydrogen) atoms. The number of ether oxygens (including phenoxy) is 3. The summed E-state index contributed by atoms with van der Waals surface area (Å²) in [5.41, 5.74) is 0.547. The Kier molecular flexibility index (Phi) is 9.23. The van der Waals surface area contributed by atoms with Gasteiger partial charge in [-0.25, -0.2) is 0 Å². The second-order valence-corrected chi connectivity index (χ2v) is 5.04. The van der Waals surface area contributed by atoms with Crippen LogP contribution < -0.4 is 14.8 Å². The number of aliphatic hydroxyl groups excluding tert-OH is 2. The van der Waals surface area contributed by atoms with E-state index in [1.54, 1.807) is 18.2 Å². The summed E-state index contributed by atoms with van der Waals surface area (Å²) in [6.07, 6.45) is -0.634. The van der Waals surface area contributed by atoms with Crippen LogP contribution in [0.5, 0.6) is 11.5 Å². The van der Waals surface area contributed by atoms with Gasteiger partial charge in [0, 0.05) is 5.56 Å². The number of aliphatic hydroxyl groups is 2. The van der Waals surface area contributed by atoms with Gasteiger partial charge in [0.2, 0.25) is 0 Å².